The highest BCUT2D eigenvalue weighted by molar-refractivity contribution is 9.10. The van der Waals surface area contributed by atoms with Crippen LogP contribution in [0.1, 0.15) is 18.5 Å². The fourth-order valence-corrected chi connectivity index (χ4v) is 1.85. The zero-order valence-electron chi connectivity index (χ0n) is 9.62. The van der Waals surface area contributed by atoms with Gasteiger partial charge in [0.2, 0.25) is 0 Å². The fraction of sp³-hybridized carbons (Fsp3) is 0.154. The molecule has 2 rings (SSSR count). The lowest BCUT2D eigenvalue weighted by atomic mass is 10.1. The first kappa shape index (κ1) is 13.0. The predicted octanol–water partition coefficient (Wildman–Crippen LogP) is 4.30. The molecule has 0 radical (unpaired) electrons. The molecule has 1 heterocycles. The Morgan fingerprint density at radius 3 is 2.61 bits per heavy atom. The van der Waals surface area contributed by atoms with E-state index in [-0.39, 0.29) is 6.04 Å². The van der Waals surface area contributed by atoms with Crippen LogP contribution in [0.3, 0.4) is 0 Å². The first-order valence-corrected chi connectivity index (χ1v) is 6.18. The van der Waals surface area contributed by atoms with Crippen molar-refractivity contribution in [3.05, 3.63) is 58.2 Å². The second-order valence-corrected chi connectivity index (χ2v) is 4.81. The van der Waals surface area contributed by atoms with Crippen LogP contribution in [0.25, 0.3) is 0 Å². The van der Waals surface area contributed by atoms with E-state index in [1.807, 2.05) is 6.07 Å². The maximum absolute atomic E-state index is 13.6. The molecule has 0 aliphatic rings. The van der Waals surface area contributed by atoms with Crippen molar-refractivity contribution >= 4 is 21.7 Å². The van der Waals surface area contributed by atoms with Crippen LogP contribution in [0.4, 0.5) is 14.6 Å². The highest BCUT2D eigenvalue weighted by atomic mass is 79.9. The van der Waals surface area contributed by atoms with Gasteiger partial charge < -0.3 is 5.32 Å². The van der Waals surface area contributed by atoms with Gasteiger partial charge >= 0.3 is 0 Å². The third kappa shape index (κ3) is 3.04. The molecule has 0 amide bonds. The number of hydrogen-bond donors (Lipinski definition) is 1. The summed E-state index contributed by atoms with van der Waals surface area (Å²) in [6.07, 6.45) is 1.65. The van der Waals surface area contributed by atoms with Crippen LogP contribution < -0.4 is 5.32 Å². The van der Waals surface area contributed by atoms with Crippen LogP contribution >= 0.6 is 15.9 Å². The lowest BCUT2D eigenvalue weighted by Crippen LogP contribution is -2.09. The molecular weight excluding hydrogens is 302 g/mol. The van der Waals surface area contributed by atoms with Crippen molar-refractivity contribution < 1.29 is 8.78 Å². The van der Waals surface area contributed by atoms with Crippen molar-refractivity contribution in [3.63, 3.8) is 0 Å². The van der Waals surface area contributed by atoms with E-state index in [0.717, 1.165) is 10.5 Å². The van der Waals surface area contributed by atoms with E-state index in [1.165, 1.54) is 12.1 Å². The van der Waals surface area contributed by atoms with E-state index in [4.69, 9.17) is 0 Å². The van der Waals surface area contributed by atoms with Gasteiger partial charge in [-0.25, -0.2) is 13.8 Å². The Bertz CT molecular complexity index is 543. The lowest BCUT2D eigenvalue weighted by molar-refractivity contribution is 0.566. The van der Waals surface area contributed by atoms with Crippen molar-refractivity contribution in [2.24, 2.45) is 0 Å². The Labute approximate surface area is 112 Å². The minimum Gasteiger partial charge on any atom is -0.363 e. The predicted molar refractivity (Wildman–Crippen MR) is 70.3 cm³/mol. The number of nitrogens with one attached hydrogen (secondary N) is 1. The van der Waals surface area contributed by atoms with Crippen LogP contribution in [0.15, 0.2) is 41.0 Å². The van der Waals surface area contributed by atoms with Gasteiger partial charge in [0.1, 0.15) is 17.5 Å². The topological polar surface area (TPSA) is 24.9 Å². The van der Waals surface area contributed by atoms with Crippen LogP contribution in [-0.4, -0.2) is 4.98 Å². The maximum atomic E-state index is 13.6. The number of pyridine rings is 1. The highest BCUT2D eigenvalue weighted by Crippen LogP contribution is 2.22. The Morgan fingerprint density at radius 2 is 2.00 bits per heavy atom. The minimum atomic E-state index is -0.579. The highest BCUT2D eigenvalue weighted by Gasteiger charge is 2.11. The lowest BCUT2D eigenvalue weighted by Gasteiger charge is -2.15. The van der Waals surface area contributed by atoms with Crippen LogP contribution in [0.5, 0.6) is 0 Å². The Morgan fingerprint density at radius 1 is 1.22 bits per heavy atom. The van der Waals surface area contributed by atoms with Crippen molar-refractivity contribution in [2.45, 2.75) is 13.0 Å². The van der Waals surface area contributed by atoms with E-state index >= 15 is 0 Å². The number of nitrogens with zero attached hydrogens (tertiary/aromatic N) is 1. The van der Waals surface area contributed by atoms with Crippen molar-refractivity contribution in [1.82, 2.24) is 4.98 Å². The molecule has 1 aromatic carbocycles. The largest absolute Gasteiger partial charge is 0.363 e. The van der Waals surface area contributed by atoms with E-state index in [2.05, 4.69) is 26.2 Å². The van der Waals surface area contributed by atoms with Crippen molar-refractivity contribution in [2.75, 3.05) is 5.32 Å². The summed E-state index contributed by atoms with van der Waals surface area (Å²) < 4.78 is 27.2. The van der Waals surface area contributed by atoms with Gasteiger partial charge in [-0.3, -0.25) is 0 Å². The molecule has 18 heavy (non-hydrogen) atoms. The van der Waals surface area contributed by atoms with Gasteiger partial charge in [-0.15, -0.1) is 0 Å². The maximum Gasteiger partial charge on any atom is 0.131 e. The van der Waals surface area contributed by atoms with Gasteiger partial charge in [0, 0.05) is 22.3 Å². The molecule has 0 bridgehead atoms. The molecule has 0 fully saturated rings. The number of rotatable bonds is 3. The molecule has 2 aromatic rings. The fourth-order valence-electron chi connectivity index (χ4n) is 1.61. The van der Waals surface area contributed by atoms with Gasteiger partial charge in [-0.1, -0.05) is 6.07 Å². The van der Waals surface area contributed by atoms with E-state index < -0.39 is 11.6 Å². The summed E-state index contributed by atoms with van der Waals surface area (Å²) in [4.78, 5) is 4.14. The molecule has 1 atom stereocenters. The molecule has 0 saturated heterocycles. The molecule has 0 spiro atoms. The first-order valence-electron chi connectivity index (χ1n) is 5.39. The first-order chi connectivity index (χ1) is 8.56. The van der Waals surface area contributed by atoms with Gasteiger partial charge in [0.15, 0.2) is 0 Å². The number of halogens is 3. The number of benzene rings is 1. The zero-order chi connectivity index (χ0) is 13.1. The molecule has 1 unspecified atom stereocenters. The summed E-state index contributed by atoms with van der Waals surface area (Å²) in [5, 5.41) is 3.05. The average Bonchev–Trinajstić information content (AvgIpc) is 2.32. The normalized spacial score (nSPS) is 12.2. The number of aromatic nitrogens is 1. The minimum absolute atomic E-state index is 0.292. The second-order valence-electron chi connectivity index (χ2n) is 3.89. The SMILES string of the molecule is CC(Nc1ccc(Br)cn1)c1ccc(F)cc1F. The Balaban J connectivity index is 2.16. The van der Waals surface area contributed by atoms with Crippen LogP contribution in [0.2, 0.25) is 0 Å². The standard InChI is InChI=1S/C13H11BrF2N2/c1-8(11-4-3-10(15)6-12(11)16)18-13-5-2-9(14)7-17-13/h2-8H,1H3,(H,17,18). The molecule has 0 aliphatic heterocycles. The Hall–Kier alpha value is -1.49. The van der Waals surface area contributed by atoms with Gasteiger partial charge in [-0.05, 0) is 41.1 Å². The zero-order valence-corrected chi connectivity index (χ0v) is 11.2. The molecule has 1 aromatic heterocycles. The summed E-state index contributed by atoms with van der Waals surface area (Å²) in [6, 6.07) is 6.87. The molecule has 2 nitrogen and oxygen atoms in total. The van der Waals surface area contributed by atoms with Gasteiger partial charge in [0.05, 0.1) is 6.04 Å². The van der Waals surface area contributed by atoms with Crippen molar-refractivity contribution in [1.29, 1.82) is 0 Å². The van der Waals surface area contributed by atoms with E-state index in [9.17, 15) is 8.78 Å². The Kier molecular flexibility index (Phi) is 3.91. The summed E-state index contributed by atoms with van der Waals surface area (Å²) in [5.74, 6) is -0.508. The molecule has 0 saturated carbocycles. The monoisotopic (exact) mass is 312 g/mol. The molecule has 5 heteroatoms. The molecule has 1 N–H and O–H groups in total. The third-order valence-corrected chi connectivity index (χ3v) is 2.99. The van der Waals surface area contributed by atoms with Crippen LogP contribution in [-0.2, 0) is 0 Å². The summed E-state index contributed by atoms with van der Waals surface area (Å²) in [7, 11) is 0. The molecule has 0 aliphatic carbocycles. The summed E-state index contributed by atoms with van der Waals surface area (Å²) in [6.45, 7) is 1.79. The van der Waals surface area contributed by atoms with Gasteiger partial charge in [0.25, 0.3) is 0 Å². The van der Waals surface area contributed by atoms with Crippen LogP contribution in [0, 0.1) is 11.6 Å². The smallest absolute Gasteiger partial charge is 0.131 e. The second kappa shape index (κ2) is 5.44. The van der Waals surface area contributed by atoms with E-state index in [0.29, 0.717) is 11.4 Å². The van der Waals surface area contributed by atoms with Crippen molar-refractivity contribution in [3.8, 4) is 0 Å². The quantitative estimate of drug-likeness (QED) is 0.914. The third-order valence-electron chi connectivity index (χ3n) is 2.52. The average molecular weight is 313 g/mol. The summed E-state index contributed by atoms with van der Waals surface area (Å²) >= 11 is 3.28. The number of anilines is 1. The van der Waals surface area contributed by atoms with Gasteiger partial charge in [-0.2, -0.15) is 0 Å². The molecular formula is C13H11BrF2N2. The molecule has 94 valence electrons. The summed E-state index contributed by atoms with van der Waals surface area (Å²) in [5.41, 5.74) is 0.404. The van der Waals surface area contributed by atoms with E-state index in [1.54, 1.807) is 19.2 Å². The number of hydrogen-bond acceptors (Lipinski definition) is 2.